The van der Waals surface area contributed by atoms with Crippen molar-refractivity contribution in [2.24, 2.45) is 5.92 Å². The molecule has 0 aromatic heterocycles. The van der Waals surface area contributed by atoms with E-state index in [9.17, 15) is 0 Å². The zero-order valence-electron chi connectivity index (χ0n) is 9.75. The summed E-state index contributed by atoms with van der Waals surface area (Å²) >= 11 is 0. The maximum atomic E-state index is 5.91. The fourth-order valence-corrected chi connectivity index (χ4v) is 1.55. The molecule has 82 valence electrons. The molecule has 4 N–H and O–H groups in total. The molecule has 0 radical (unpaired) electrons. The van der Waals surface area contributed by atoms with Crippen LogP contribution in [0.3, 0.4) is 0 Å². The Labute approximate surface area is 92.0 Å². The van der Waals surface area contributed by atoms with Crippen LogP contribution in [0.4, 0.5) is 11.4 Å². The van der Waals surface area contributed by atoms with E-state index >= 15 is 0 Å². The minimum Gasteiger partial charge on any atom is -0.399 e. The molecule has 0 saturated carbocycles. The third-order valence-electron chi connectivity index (χ3n) is 2.68. The normalized spacial score (nSPS) is 13.9. The Morgan fingerprint density at radius 2 is 2.07 bits per heavy atom. The Kier molecular flexibility index (Phi) is 3.78. The van der Waals surface area contributed by atoms with E-state index in [4.69, 9.17) is 11.5 Å². The third kappa shape index (κ3) is 3.01. The Morgan fingerprint density at radius 1 is 1.40 bits per heavy atom. The summed E-state index contributed by atoms with van der Waals surface area (Å²) in [6, 6.07) is 5.62. The molecule has 1 atom stereocenters. The largest absolute Gasteiger partial charge is 0.399 e. The number of rotatable bonds is 3. The predicted octanol–water partition coefficient (Wildman–Crippen LogP) is 3.30. The first kappa shape index (κ1) is 11.6. The summed E-state index contributed by atoms with van der Waals surface area (Å²) in [4.78, 5) is 0. The molecule has 0 saturated heterocycles. The van der Waals surface area contributed by atoms with Gasteiger partial charge in [-0.05, 0) is 36.6 Å². The number of nitrogens with two attached hydrogens (primary N) is 2. The standard InChI is InChI=1S/C13H20N2/c1-4-9(2)7-10(3)12-8-11(14)5-6-13(12)15/h5-9H,4,14-15H2,1-3H3/b10-7+. The Hall–Kier alpha value is -1.44. The van der Waals surface area contributed by atoms with Crippen molar-refractivity contribution in [3.63, 3.8) is 0 Å². The lowest BCUT2D eigenvalue weighted by molar-refractivity contribution is 0.699. The number of nitrogen functional groups attached to an aromatic ring is 2. The Morgan fingerprint density at radius 3 is 2.67 bits per heavy atom. The van der Waals surface area contributed by atoms with E-state index in [0.29, 0.717) is 5.92 Å². The number of hydrogen-bond donors (Lipinski definition) is 2. The average Bonchev–Trinajstić information content (AvgIpc) is 2.21. The van der Waals surface area contributed by atoms with Gasteiger partial charge < -0.3 is 11.5 Å². The molecule has 0 aliphatic heterocycles. The van der Waals surface area contributed by atoms with Gasteiger partial charge in [0.1, 0.15) is 0 Å². The van der Waals surface area contributed by atoms with Gasteiger partial charge in [-0.1, -0.05) is 26.3 Å². The molecule has 0 aliphatic rings. The van der Waals surface area contributed by atoms with Gasteiger partial charge >= 0.3 is 0 Å². The summed E-state index contributed by atoms with van der Waals surface area (Å²) in [6.45, 7) is 6.46. The second-order valence-electron chi connectivity index (χ2n) is 4.08. The zero-order valence-corrected chi connectivity index (χ0v) is 9.75. The van der Waals surface area contributed by atoms with E-state index in [2.05, 4.69) is 26.8 Å². The van der Waals surface area contributed by atoms with Gasteiger partial charge in [0.25, 0.3) is 0 Å². The predicted molar refractivity (Wildman–Crippen MR) is 68.4 cm³/mol. The van der Waals surface area contributed by atoms with Crippen LogP contribution in [-0.2, 0) is 0 Å². The molecule has 2 nitrogen and oxygen atoms in total. The lowest BCUT2D eigenvalue weighted by Crippen LogP contribution is -1.96. The SMILES string of the molecule is CCC(C)/C=C(\C)c1cc(N)ccc1N. The van der Waals surface area contributed by atoms with Crippen molar-refractivity contribution in [3.05, 3.63) is 29.8 Å². The molecule has 15 heavy (non-hydrogen) atoms. The van der Waals surface area contributed by atoms with Crippen molar-refractivity contribution in [2.45, 2.75) is 27.2 Å². The topological polar surface area (TPSA) is 52.0 Å². The van der Waals surface area contributed by atoms with E-state index in [0.717, 1.165) is 23.4 Å². The third-order valence-corrected chi connectivity index (χ3v) is 2.68. The maximum absolute atomic E-state index is 5.91. The zero-order chi connectivity index (χ0) is 11.4. The van der Waals surface area contributed by atoms with E-state index in [1.54, 1.807) is 0 Å². The number of allylic oxidation sites excluding steroid dienone is 2. The van der Waals surface area contributed by atoms with Crippen LogP contribution < -0.4 is 11.5 Å². The molecule has 1 unspecified atom stereocenters. The highest BCUT2D eigenvalue weighted by molar-refractivity contribution is 5.76. The quantitative estimate of drug-likeness (QED) is 0.742. The highest BCUT2D eigenvalue weighted by Crippen LogP contribution is 2.25. The monoisotopic (exact) mass is 204 g/mol. The maximum Gasteiger partial charge on any atom is 0.0391 e. The van der Waals surface area contributed by atoms with E-state index in [1.165, 1.54) is 5.57 Å². The summed E-state index contributed by atoms with van der Waals surface area (Å²) in [7, 11) is 0. The van der Waals surface area contributed by atoms with Crippen molar-refractivity contribution >= 4 is 16.9 Å². The smallest absolute Gasteiger partial charge is 0.0391 e. The van der Waals surface area contributed by atoms with Gasteiger partial charge in [0.2, 0.25) is 0 Å². The summed E-state index contributed by atoms with van der Waals surface area (Å²) in [6.07, 6.45) is 3.38. The van der Waals surface area contributed by atoms with Gasteiger partial charge in [-0.25, -0.2) is 0 Å². The van der Waals surface area contributed by atoms with Crippen molar-refractivity contribution in [1.82, 2.24) is 0 Å². The number of anilines is 2. The van der Waals surface area contributed by atoms with Crippen LogP contribution in [0, 0.1) is 5.92 Å². The summed E-state index contributed by atoms with van der Waals surface area (Å²) in [5, 5.41) is 0. The second-order valence-corrected chi connectivity index (χ2v) is 4.08. The van der Waals surface area contributed by atoms with E-state index in [-0.39, 0.29) is 0 Å². The molecular weight excluding hydrogens is 184 g/mol. The molecular formula is C13H20N2. The molecule has 0 amide bonds. The van der Waals surface area contributed by atoms with Gasteiger partial charge in [0.05, 0.1) is 0 Å². The Bertz CT molecular complexity index is 367. The van der Waals surface area contributed by atoms with E-state index in [1.807, 2.05) is 18.2 Å². The van der Waals surface area contributed by atoms with Gasteiger partial charge in [-0.15, -0.1) is 0 Å². The van der Waals surface area contributed by atoms with Crippen LogP contribution >= 0.6 is 0 Å². The van der Waals surface area contributed by atoms with Gasteiger partial charge in [-0.3, -0.25) is 0 Å². The summed E-state index contributed by atoms with van der Waals surface area (Å²) in [5.41, 5.74) is 15.5. The van der Waals surface area contributed by atoms with E-state index < -0.39 is 0 Å². The number of hydrogen-bond acceptors (Lipinski definition) is 2. The highest BCUT2D eigenvalue weighted by Gasteiger charge is 2.03. The van der Waals surface area contributed by atoms with Crippen molar-refractivity contribution in [1.29, 1.82) is 0 Å². The van der Waals surface area contributed by atoms with Crippen LogP contribution in [-0.4, -0.2) is 0 Å². The minimum absolute atomic E-state index is 0.575. The number of benzene rings is 1. The van der Waals surface area contributed by atoms with Crippen LogP contribution in [0.5, 0.6) is 0 Å². The molecule has 1 aromatic rings. The van der Waals surface area contributed by atoms with Gasteiger partial charge in [0, 0.05) is 16.9 Å². The molecule has 0 heterocycles. The van der Waals surface area contributed by atoms with Crippen molar-refractivity contribution in [2.75, 3.05) is 11.5 Å². The van der Waals surface area contributed by atoms with Crippen molar-refractivity contribution in [3.8, 4) is 0 Å². The van der Waals surface area contributed by atoms with Gasteiger partial charge in [-0.2, -0.15) is 0 Å². The van der Waals surface area contributed by atoms with Crippen LogP contribution in [0.25, 0.3) is 5.57 Å². The van der Waals surface area contributed by atoms with Gasteiger partial charge in [0.15, 0.2) is 0 Å². The molecule has 2 heteroatoms. The fourth-order valence-electron chi connectivity index (χ4n) is 1.55. The fraction of sp³-hybridized carbons (Fsp3) is 0.385. The molecule has 0 spiro atoms. The summed E-state index contributed by atoms with van der Waals surface area (Å²) < 4.78 is 0. The highest BCUT2D eigenvalue weighted by atomic mass is 14.6. The first-order valence-corrected chi connectivity index (χ1v) is 5.38. The first-order valence-electron chi connectivity index (χ1n) is 5.38. The average molecular weight is 204 g/mol. The van der Waals surface area contributed by atoms with Crippen LogP contribution in [0.15, 0.2) is 24.3 Å². The minimum atomic E-state index is 0.575. The summed E-state index contributed by atoms with van der Waals surface area (Å²) in [5.74, 6) is 0.575. The lowest BCUT2D eigenvalue weighted by atomic mass is 9.99. The lowest BCUT2D eigenvalue weighted by Gasteiger charge is -2.09. The first-order chi connectivity index (χ1) is 7.04. The Balaban J connectivity index is 3.04. The molecule has 1 aromatic carbocycles. The van der Waals surface area contributed by atoms with Crippen molar-refractivity contribution < 1.29 is 0 Å². The van der Waals surface area contributed by atoms with Crippen LogP contribution in [0.1, 0.15) is 32.8 Å². The molecule has 0 fully saturated rings. The molecule has 0 bridgehead atoms. The van der Waals surface area contributed by atoms with Crippen LogP contribution in [0.2, 0.25) is 0 Å². The molecule has 0 aliphatic carbocycles. The second kappa shape index (κ2) is 4.87. The molecule has 1 rings (SSSR count).